The number of hydrogen-bond donors (Lipinski definition) is 1. The van der Waals surface area contributed by atoms with E-state index in [-0.39, 0.29) is 12.7 Å². The largest absolute Gasteiger partial charge is 0.454 e. The maximum atomic E-state index is 12.6. The highest BCUT2D eigenvalue weighted by atomic mass is 35.5. The Morgan fingerprint density at radius 3 is 2.70 bits per heavy atom. The number of carbonyl (C=O) groups excluding carboxylic acids is 1. The van der Waals surface area contributed by atoms with Gasteiger partial charge in [-0.05, 0) is 30.3 Å². The molecule has 2 heterocycles. The van der Waals surface area contributed by atoms with Gasteiger partial charge in [0.05, 0.1) is 5.56 Å². The van der Waals surface area contributed by atoms with Crippen molar-refractivity contribution < 1.29 is 14.3 Å². The zero-order chi connectivity index (χ0) is 19.0. The number of amides is 1. The van der Waals surface area contributed by atoms with Gasteiger partial charge in [-0.3, -0.25) is 4.79 Å². The van der Waals surface area contributed by atoms with E-state index in [1.54, 1.807) is 41.8 Å². The Morgan fingerprint density at radius 2 is 1.93 bits per heavy atom. The Labute approximate surface area is 168 Å². The highest BCUT2D eigenvalue weighted by Gasteiger charge is 2.20. The van der Waals surface area contributed by atoms with Crippen LogP contribution in [0.5, 0.6) is 11.5 Å². The minimum atomic E-state index is -0.347. The average Bonchev–Trinajstić information content (AvgIpc) is 3.27. The maximum Gasteiger partial charge on any atom is 0.256 e. The molecule has 0 aliphatic carbocycles. The summed E-state index contributed by atoms with van der Waals surface area (Å²) in [6, 6.07) is 12.1. The van der Waals surface area contributed by atoms with Crippen molar-refractivity contribution in [3.8, 4) is 28.7 Å². The van der Waals surface area contributed by atoms with E-state index in [0.717, 1.165) is 0 Å². The van der Waals surface area contributed by atoms with Crippen molar-refractivity contribution in [1.82, 2.24) is 0 Å². The van der Waals surface area contributed by atoms with Gasteiger partial charge in [-0.2, -0.15) is 5.26 Å². The van der Waals surface area contributed by atoms with Gasteiger partial charge in [-0.1, -0.05) is 29.3 Å². The van der Waals surface area contributed by atoms with Crippen LogP contribution in [0.15, 0.2) is 41.8 Å². The quantitative estimate of drug-likeness (QED) is 0.605. The van der Waals surface area contributed by atoms with E-state index < -0.39 is 0 Å². The summed E-state index contributed by atoms with van der Waals surface area (Å²) in [7, 11) is 0. The first-order valence-electron chi connectivity index (χ1n) is 7.75. The molecule has 1 amide bonds. The summed E-state index contributed by atoms with van der Waals surface area (Å²) >= 11 is 13.4. The molecule has 0 bridgehead atoms. The van der Waals surface area contributed by atoms with Gasteiger partial charge in [0.25, 0.3) is 5.91 Å². The maximum absolute atomic E-state index is 12.6. The fourth-order valence-corrected chi connectivity index (χ4v) is 4.10. The van der Waals surface area contributed by atoms with Crippen LogP contribution in [0.3, 0.4) is 0 Å². The molecular formula is C19H10Cl2N2O3S. The molecule has 0 unspecified atom stereocenters. The predicted molar refractivity (Wildman–Crippen MR) is 105 cm³/mol. The normalized spacial score (nSPS) is 11.9. The number of fused-ring (bicyclic) bond motifs is 1. The van der Waals surface area contributed by atoms with E-state index in [1.807, 2.05) is 0 Å². The van der Waals surface area contributed by atoms with Gasteiger partial charge in [0.1, 0.15) is 11.1 Å². The molecule has 4 rings (SSSR count). The molecule has 5 nitrogen and oxygen atoms in total. The first-order chi connectivity index (χ1) is 13.1. The van der Waals surface area contributed by atoms with Gasteiger partial charge < -0.3 is 14.8 Å². The standard InChI is InChI=1S/C19H10Cl2N2O3S/c20-11-2-3-12(15(21)6-11)14-8-27-19(13(14)7-22)23-18(24)10-1-4-16-17(5-10)26-9-25-16/h1-6,8H,9H2,(H,23,24). The molecule has 0 atom stereocenters. The summed E-state index contributed by atoms with van der Waals surface area (Å²) in [5, 5.41) is 15.6. The molecule has 0 radical (unpaired) electrons. The van der Waals surface area contributed by atoms with Crippen LogP contribution in [0, 0.1) is 11.3 Å². The monoisotopic (exact) mass is 416 g/mol. The van der Waals surface area contributed by atoms with E-state index >= 15 is 0 Å². The summed E-state index contributed by atoms with van der Waals surface area (Å²) in [5.41, 5.74) is 2.07. The zero-order valence-electron chi connectivity index (χ0n) is 13.6. The second kappa shape index (κ2) is 7.12. The number of hydrogen-bond acceptors (Lipinski definition) is 5. The van der Waals surface area contributed by atoms with E-state index in [4.69, 9.17) is 32.7 Å². The van der Waals surface area contributed by atoms with Crippen molar-refractivity contribution >= 4 is 45.4 Å². The van der Waals surface area contributed by atoms with Crippen LogP contribution in [0.4, 0.5) is 5.00 Å². The molecule has 134 valence electrons. The van der Waals surface area contributed by atoms with Gasteiger partial charge in [0.15, 0.2) is 11.5 Å². The van der Waals surface area contributed by atoms with Crippen LogP contribution in [-0.2, 0) is 0 Å². The molecule has 1 aliphatic heterocycles. The van der Waals surface area contributed by atoms with Gasteiger partial charge in [-0.25, -0.2) is 0 Å². The highest BCUT2D eigenvalue weighted by Crippen LogP contribution is 2.39. The number of thiophene rings is 1. The molecule has 1 aliphatic rings. The molecule has 0 saturated carbocycles. The molecule has 27 heavy (non-hydrogen) atoms. The number of rotatable bonds is 3. The summed E-state index contributed by atoms with van der Waals surface area (Å²) in [6.45, 7) is 0.134. The molecule has 0 saturated heterocycles. The third-order valence-corrected chi connectivity index (χ3v) is 5.43. The molecule has 2 aromatic carbocycles. The first kappa shape index (κ1) is 17.7. The van der Waals surface area contributed by atoms with Crippen molar-refractivity contribution in [3.63, 3.8) is 0 Å². The SMILES string of the molecule is N#Cc1c(-c2ccc(Cl)cc2Cl)csc1NC(=O)c1ccc2c(c1)OCO2. The van der Waals surface area contributed by atoms with E-state index in [1.165, 1.54) is 11.3 Å². The first-order valence-corrected chi connectivity index (χ1v) is 9.38. The number of nitrogens with zero attached hydrogens (tertiary/aromatic N) is 1. The topological polar surface area (TPSA) is 71.4 Å². The van der Waals surface area contributed by atoms with Crippen LogP contribution in [-0.4, -0.2) is 12.7 Å². The molecule has 1 aromatic heterocycles. The number of carbonyl (C=O) groups is 1. The van der Waals surface area contributed by atoms with Crippen LogP contribution in [0.2, 0.25) is 10.0 Å². The van der Waals surface area contributed by atoms with Crippen LogP contribution >= 0.6 is 34.5 Å². The Bertz CT molecular complexity index is 1100. The number of ether oxygens (including phenoxy) is 2. The number of anilines is 1. The summed E-state index contributed by atoms with van der Waals surface area (Å²) < 4.78 is 10.5. The Kier molecular flexibility index (Phi) is 4.66. The lowest BCUT2D eigenvalue weighted by atomic mass is 10.0. The minimum Gasteiger partial charge on any atom is -0.454 e. The number of benzene rings is 2. The second-order valence-electron chi connectivity index (χ2n) is 5.61. The summed E-state index contributed by atoms with van der Waals surface area (Å²) in [6.07, 6.45) is 0. The van der Waals surface area contributed by atoms with Crippen molar-refractivity contribution in [2.75, 3.05) is 12.1 Å². The zero-order valence-corrected chi connectivity index (χ0v) is 15.9. The number of nitriles is 1. The number of halogens is 2. The molecule has 0 spiro atoms. The molecular weight excluding hydrogens is 407 g/mol. The van der Waals surface area contributed by atoms with Gasteiger partial charge in [0.2, 0.25) is 6.79 Å². The van der Waals surface area contributed by atoms with Crippen molar-refractivity contribution in [2.45, 2.75) is 0 Å². The fourth-order valence-electron chi connectivity index (χ4n) is 2.68. The smallest absolute Gasteiger partial charge is 0.256 e. The van der Waals surface area contributed by atoms with E-state index in [0.29, 0.717) is 48.8 Å². The number of nitrogens with one attached hydrogen (secondary N) is 1. The summed E-state index contributed by atoms with van der Waals surface area (Å²) in [4.78, 5) is 12.6. The molecule has 8 heteroatoms. The summed E-state index contributed by atoms with van der Waals surface area (Å²) in [5.74, 6) is 0.767. The van der Waals surface area contributed by atoms with Crippen molar-refractivity contribution in [1.29, 1.82) is 5.26 Å². The third-order valence-electron chi connectivity index (χ3n) is 3.99. The average molecular weight is 417 g/mol. The van der Waals surface area contributed by atoms with Crippen molar-refractivity contribution in [3.05, 3.63) is 63.0 Å². The minimum absolute atomic E-state index is 0.134. The highest BCUT2D eigenvalue weighted by molar-refractivity contribution is 7.15. The molecule has 1 N–H and O–H groups in total. The molecule has 0 fully saturated rings. The third kappa shape index (κ3) is 3.33. The van der Waals surface area contributed by atoms with E-state index in [2.05, 4.69) is 11.4 Å². The van der Waals surface area contributed by atoms with Gasteiger partial charge >= 0.3 is 0 Å². The van der Waals surface area contributed by atoms with Crippen LogP contribution in [0.1, 0.15) is 15.9 Å². The van der Waals surface area contributed by atoms with E-state index in [9.17, 15) is 10.1 Å². The lowest BCUT2D eigenvalue weighted by Crippen LogP contribution is -2.11. The van der Waals surface area contributed by atoms with Crippen molar-refractivity contribution in [2.24, 2.45) is 0 Å². The Balaban J connectivity index is 1.64. The predicted octanol–water partition coefficient (Wildman–Crippen LogP) is 5.57. The lowest BCUT2D eigenvalue weighted by Gasteiger charge is -2.06. The lowest BCUT2D eigenvalue weighted by molar-refractivity contribution is 0.102. The Morgan fingerprint density at radius 1 is 1.11 bits per heavy atom. The second-order valence-corrected chi connectivity index (χ2v) is 7.33. The van der Waals surface area contributed by atoms with Crippen LogP contribution < -0.4 is 14.8 Å². The van der Waals surface area contributed by atoms with Crippen LogP contribution in [0.25, 0.3) is 11.1 Å². The Hall–Kier alpha value is -2.72. The fraction of sp³-hybridized carbons (Fsp3) is 0.0526. The van der Waals surface area contributed by atoms with Gasteiger partial charge in [-0.15, -0.1) is 11.3 Å². The molecule has 3 aromatic rings. The van der Waals surface area contributed by atoms with Gasteiger partial charge in [0, 0.05) is 32.1 Å².